The summed E-state index contributed by atoms with van der Waals surface area (Å²) in [5.41, 5.74) is -0.00282. The molecule has 0 heterocycles. The minimum Gasteiger partial charge on any atom is -0.235 e. The fourth-order valence-electron chi connectivity index (χ4n) is 1.31. The predicted octanol–water partition coefficient (Wildman–Crippen LogP) is 4.49. The van der Waals surface area contributed by atoms with Crippen molar-refractivity contribution in [3.8, 4) is 0 Å². The van der Waals surface area contributed by atoms with E-state index in [4.69, 9.17) is 0 Å². The SMILES string of the molecule is CCC(F)(F)c1cc(S)cc(C(C)(F)P)c1. The third-order valence-electron chi connectivity index (χ3n) is 2.35. The molecular weight excluding hydrogens is 252 g/mol. The van der Waals surface area contributed by atoms with Crippen LogP contribution in [0.2, 0.25) is 0 Å². The Morgan fingerprint density at radius 1 is 1.19 bits per heavy atom. The Morgan fingerprint density at radius 2 is 1.69 bits per heavy atom. The number of alkyl halides is 3. The molecule has 1 rings (SSSR count). The summed E-state index contributed by atoms with van der Waals surface area (Å²) < 4.78 is 40.6. The lowest BCUT2D eigenvalue weighted by Crippen LogP contribution is -2.14. The molecular formula is C11H14F3PS. The second kappa shape index (κ2) is 4.58. The zero-order valence-electron chi connectivity index (χ0n) is 9.10. The summed E-state index contributed by atoms with van der Waals surface area (Å²) in [6.45, 7) is 2.69. The second-order valence-electron chi connectivity index (χ2n) is 3.90. The first kappa shape index (κ1) is 13.9. The van der Waals surface area contributed by atoms with Gasteiger partial charge in [-0.05, 0) is 30.7 Å². The van der Waals surface area contributed by atoms with Crippen molar-refractivity contribution in [3.63, 3.8) is 0 Å². The highest BCUT2D eigenvalue weighted by atomic mass is 32.1. The summed E-state index contributed by atoms with van der Waals surface area (Å²) in [7, 11) is 1.99. The lowest BCUT2D eigenvalue weighted by atomic mass is 10.0. The molecule has 2 unspecified atom stereocenters. The zero-order valence-corrected chi connectivity index (χ0v) is 11.1. The van der Waals surface area contributed by atoms with Crippen LogP contribution in [-0.4, -0.2) is 0 Å². The fraction of sp³-hybridized carbons (Fsp3) is 0.455. The second-order valence-corrected chi connectivity index (χ2v) is 5.50. The van der Waals surface area contributed by atoms with Crippen molar-refractivity contribution in [1.29, 1.82) is 0 Å². The van der Waals surface area contributed by atoms with Crippen LogP contribution in [0.1, 0.15) is 31.4 Å². The van der Waals surface area contributed by atoms with E-state index in [1.54, 1.807) is 0 Å². The van der Waals surface area contributed by atoms with E-state index in [2.05, 4.69) is 12.6 Å². The maximum atomic E-state index is 13.7. The topological polar surface area (TPSA) is 0 Å². The summed E-state index contributed by atoms with van der Waals surface area (Å²) in [6, 6.07) is 3.91. The first-order chi connectivity index (χ1) is 7.16. The molecule has 0 bridgehead atoms. The number of halogens is 3. The van der Waals surface area contributed by atoms with Crippen LogP contribution in [0, 0.1) is 0 Å². The first-order valence-electron chi connectivity index (χ1n) is 4.87. The van der Waals surface area contributed by atoms with Crippen LogP contribution in [0.4, 0.5) is 13.2 Å². The Kier molecular flexibility index (Phi) is 3.96. The van der Waals surface area contributed by atoms with Gasteiger partial charge in [0.15, 0.2) is 0 Å². The summed E-state index contributed by atoms with van der Waals surface area (Å²) in [5, 5.41) is -1.72. The summed E-state index contributed by atoms with van der Waals surface area (Å²) >= 11 is 4.02. The summed E-state index contributed by atoms with van der Waals surface area (Å²) in [5.74, 6) is -2.94. The molecule has 0 nitrogen and oxygen atoms in total. The number of hydrogen-bond acceptors (Lipinski definition) is 1. The highest BCUT2D eigenvalue weighted by molar-refractivity contribution is 7.80. The normalized spacial score (nSPS) is 15.9. The van der Waals surface area contributed by atoms with Crippen molar-refractivity contribution < 1.29 is 13.2 Å². The predicted molar refractivity (Wildman–Crippen MR) is 66.0 cm³/mol. The molecule has 0 fully saturated rings. The standard InChI is InChI=1S/C11H14F3PS/c1-3-11(13,14)8-4-7(10(2,12)15)5-9(16)6-8/h4-6,16H,3,15H2,1-2H3. The van der Waals surface area contributed by atoms with Gasteiger partial charge in [0.05, 0.1) is 0 Å². The van der Waals surface area contributed by atoms with E-state index in [0.29, 0.717) is 4.90 Å². The van der Waals surface area contributed by atoms with Crippen molar-refractivity contribution in [3.05, 3.63) is 29.3 Å². The summed E-state index contributed by atoms with van der Waals surface area (Å²) in [6.07, 6.45) is -0.316. The smallest absolute Gasteiger partial charge is 0.235 e. The molecule has 1 aromatic carbocycles. The van der Waals surface area contributed by atoms with Crippen molar-refractivity contribution in [2.75, 3.05) is 0 Å². The average Bonchev–Trinajstić information content (AvgIpc) is 2.15. The highest BCUT2D eigenvalue weighted by Crippen LogP contribution is 2.38. The van der Waals surface area contributed by atoms with E-state index in [1.807, 2.05) is 9.24 Å². The molecule has 0 radical (unpaired) electrons. The lowest BCUT2D eigenvalue weighted by molar-refractivity contribution is -0.00864. The van der Waals surface area contributed by atoms with Crippen LogP contribution >= 0.6 is 21.9 Å². The van der Waals surface area contributed by atoms with Crippen LogP contribution in [0.15, 0.2) is 23.1 Å². The van der Waals surface area contributed by atoms with Gasteiger partial charge in [-0.1, -0.05) is 16.2 Å². The van der Waals surface area contributed by atoms with E-state index < -0.39 is 11.3 Å². The fourth-order valence-corrected chi connectivity index (χ4v) is 1.75. The van der Waals surface area contributed by atoms with Gasteiger partial charge in [-0.3, -0.25) is 0 Å². The van der Waals surface area contributed by atoms with Crippen molar-refractivity contribution >= 4 is 21.9 Å². The number of rotatable bonds is 3. The van der Waals surface area contributed by atoms with E-state index in [9.17, 15) is 13.2 Å². The van der Waals surface area contributed by atoms with Crippen LogP contribution in [0.5, 0.6) is 0 Å². The molecule has 1 aromatic rings. The minimum absolute atomic E-state index is 0.188. The third kappa shape index (κ3) is 3.14. The van der Waals surface area contributed by atoms with Crippen LogP contribution in [-0.2, 0) is 11.3 Å². The van der Waals surface area contributed by atoms with Gasteiger partial charge in [-0.25, -0.2) is 13.2 Å². The van der Waals surface area contributed by atoms with Gasteiger partial charge in [0, 0.05) is 16.9 Å². The number of benzene rings is 1. The van der Waals surface area contributed by atoms with Crippen molar-refractivity contribution in [1.82, 2.24) is 0 Å². The van der Waals surface area contributed by atoms with Crippen LogP contribution in [0.25, 0.3) is 0 Å². The highest BCUT2D eigenvalue weighted by Gasteiger charge is 2.31. The van der Waals surface area contributed by atoms with E-state index in [0.717, 1.165) is 0 Å². The van der Waals surface area contributed by atoms with Gasteiger partial charge in [0.25, 0.3) is 5.92 Å². The molecule has 90 valence electrons. The van der Waals surface area contributed by atoms with Gasteiger partial charge >= 0.3 is 0 Å². The molecule has 16 heavy (non-hydrogen) atoms. The Balaban J connectivity index is 3.29. The largest absolute Gasteiger partial charge is 0.273 e. The molecule has 0 aromatic heterocycles. The third-order valence-corrected chi connectivity index (χ3v) is 2.94. The van der Waals surface area contributed by atoms with Crippen LogP contribution in [0.3, 0.4) is 0 Å². The van der Waals surface area contributed by atoms with E-state index >= 15 is 0 Å². The van der Waals surface area contributed by atoms with Gasteiger partial charge in [-0.2, -0.15) is 0 Å². The van der Waals surface area contributed by atoms with E-state index in [-0.39, 0.29) is 17.5 Å². The lowest BCUT2D eigenvalue weighted by Gasteiger charge is -2.20. The molecule has 0 spiro atoms. The maximum absolute atomic E-state index is 13.7. The van der Waals surface area contributed by atoms with Crippen molar-refractivity contribution in [2.24, 2.45) is 0 Å². The Morgan fingerprint density at radius 3 is 2.12 bits per heavy atom. The molecule has 0 aliphatic carbocycles. The van der Waals surface area contributed by atoms with Crippen LogP contribution < -0.4 is 0 Å². The molecule has 0 saturated carbocycles. The summed E-state index contributed by atoms with van der Waals surface area (Å²) in [4.78, 5) is 0.340. The Hall–Kier alpha value is -0.210. The van der Waals surface area contributed by atoms with Gasteiger partial charge in [0.2, 0.25) is 0 Å². The maximum Gasteiger partial charge on any atom is 0.273 e. The average molecular weight is 266 g/mol. The van der Waals surface area contributed by atoms with Gasteiger partial charge < -0.3 is 0 Å². The van der Waals surface area contributed by atoms with Crippen molar-refractivity contribution in [2.45, 2.75) is 36.5 Å². The molecule has 5 heteroatoms. The Labute approximate surface area is 101 Å². The van der Waals surface area contributed by atoms with E-state index in [1.165, 1.54) is 32.0 Å². The van der Waals surface area contributed by atoms with Gasteiger partial charge in [-0.15, -0.1) is 12.6 Å². The molecule has 2 atom stereocenters. The number of thiol groups is 1. The molecule has 0 N–H and O–H groups in total. The molecule has 0 aliphatic rings. The first-order valence-corrected chi connectivity index (χ1v) is 5.90. The molecule has 0 amide bonds. The van der Waals surface area contributed by atoms with Gasteiger partial charge in [0.1, 0.15) is 5.41 Å². The molecule has 0 saturated heterocycles. The Bertz CT molecular complexity index is 385. The number of hydrogen-bond donors (Lipinski definition) is 1. The monoisotopic (exact) mass is 266 g/mol. The molecule has 0 aliphatic heterocycles. The minimum atomic E-state index is -2.94. The quantitative estimate of drug-likeness (QED) is 0.604. The zero-order chi connectivity index (χ0) is 12.6.